The van der Waals surface area contributed by atoms with E-state index in [4.69, 9.17) is 21.7 Å². The van der Waals surface area contributed by atoms with Crippen molar-refractivity contribution >= 4 is 46.9 Å². The van der Waals surface area contributed by atoms with Crippen LogP contribution in [0.5, 0.6) is 0 Å². The Morgan fingerprint density at radius 2 is 1.89 bits per heavy atom. The first-order valence-corrected chi connectivity index (χ1v) is 14.3. The van der Waals surface area contributed by atoms with Gasteiger partial charge in [0.15, 0.2) is 0 Å². The number of carboxylic acids is 1. The molecule has 1 aromatic rings. The van der Waals surface area contributed by atoms with Crippen molar-refractivity contribution in [2.75, 3.05) is 13.1 Å². The third-order valence-corrected chi connectivity index (χ3v) is 9.34. The Labute approximate surface area is 228 Å². The number of hydrogen-bond donors (Lipinski definition) is 2. The monoisotopic (exact) mass is 545 g/mol. The molecule has 1 atom stereocenters. The molecule has 2 heterocycles. The molecule has 0 aromatic heterocycles. The highest BCUT2D eigenvalue weighted by Crippen LogP contribution is 2.48. The molecule has 2 N–H and O–H groups in total. The summed E-state index contributed by atoms with van der Waals surface area (Å²) in [4.78, 5) is 43.7. The van der Waals surface area contributed by atoms with Crippen LogP contribution in [0.1, 0.15) is 75.2 Å². The highest BCUT2D eigenvalue weighted by atomic mass is 35.5. The Hall–Kier alpha value is -2.32. The molecule has 37 heavy (non-hydrogen) atoms. The number of amides is 2. The quantitative estimate of drug-likeness (QED) is 0.465. The number of aliphatic imine (C=N–C) groups is 1. The number of carbonyl (C=O) groups excluding carboxylic acids is 2. The second-order valence-electron chi connectivity index (χ2n) is 11.3. The summed E-state index contributed by atoms with van der Waals surface area (Å²) in [6.07, 6.45) is 7.10. The van der Waals surface area contributed by atoms with Gasteiger partial charge < -0.3 is 15.3 Å². The number of nitrogens with zero attached hydrogens (tertiary/aromatic N) is 2. The summed E-state index contributed by atoms with van der Waals surface area (Å²) in [6, 6.07) is 7.28. The van der Waals surface area contributed by atoms with Crippen LogP contribution < -0.4 is 5.32 Å². The van der Waals surface area contributed by atoms with Gasteiger partial charge in [-0.2, -0.15) is 0 Å². The van der Waals surface area contributed by atoms with Gasteiger partial charge in [-0.05, 0) is 67.6 Å². The van der Waals surface area contributed by atoms with E-state index in [9.17, 15) is 14.4 Å². The summed E-state index contributed by atoms with van der Waals surface area (Å²) in [5.74, 6) is -0.604. The highest BCUT2D eigenvalue weighted by molar-refractivity contribution is 8.06. The molecule has 7 nitrogen and oxygen atoms in total. The predicted octanol–water partition coefficient (Wildman–Crippen LogP) is 5.24. The zero-order valence-electron chi connectivity index (χ0n) is 21.8. The van der Waals surface area contributed by atoms with E-state index >= 15 is 0 Å². The molecule has 1 spiro atoms. The molecule has 2 aliphatic heterocycles. The van der Waals surface area contributed by atoms with Gasteiger partial charge in [0.1, 0.15) is 11.4 Å². The van der Waals surface area contributed by atoms with Crippen molar-refractivity contribution in [3.8, 4) is 0 Å². The number of carboxylic acid groups (broad SMARTS) is 1. The minimum atomic E-state index is -0.949. The minimum Gasteiger partial charge on any atom is -0.481 e. The normalized spacial score (nSPS) is 25.8. The Morgan fingerprint density at radius 3 is 2.46 bits per heavy atom. The van der Waals surface area contributed by atoms with Gasteiger partial charge in [0.05, 0.1) is 16.0 Å². The van der Waals surface area contributed by atoms with Crippen LogP contribution in [-0.2, 0) is 16.0 Å². The van der Waals surface area contributed by atoms with E-state index in [1.165, 1.54) is 11.8 Å². The average Bonchev–Trinajstić information content (AvgIpc) is 3.38. The molecule has 1 saturated carbocycles. The predicted molar refractivity (Wildman–Crippen MR) is 148 cm³/mol. The van der Waals surface area contributed by atoms with Crippen LogP contribution in [0.4, 0.5) is 0 Å². The van der Waals surface area contributed by atoms with Crippen molar-refractivity contribution in [2.45, 2.75) is 76.6 Å². The van der Waals surface area contributed by atoms with Gasteiger partial charge in [0.2, 0.25) is 0 Å². The smallest absolute Gasteiger partial charge is 0.305 e. The zero-order valence-corrected chi connectivity index (χ0v) is 23.3. The third-order valence-electron chi connectivity index (χ3n) is 7.82. The van der Waals surface area contributed by atoms with E-state index in [-0.39, 0.29) is 35.4 Å². The molecule has 0 saturated heterocycles. The fraction of sp³-hybridized carbons (Fsp3) is 0.571. The number of aliphatic carboxylic acids is 1. The topological polar surface area (TPSA) is 99.1 Å². The maximum Gasteiger partial charge on any atom is 0.305 e. The second-order valence-corrected chi connectivity index (χ2v) is 13.1. The van der Waals surface area contributed by atoms with Gasteiger partial charge in [0, 0.05) is 18.7 Å². The Kier molecular flexibility index (Phi) is 8.38. The second kappa shape index (κ2) is 11.2. The summed E-state index contributed by atoms with van der Waals surface area (Å²) in [5, 5.41) is 11.3. The SMILES string of the molecule is CC(C)(C)C1CCC2(CC1)N=C(C1CC=C(Cl)S1)C(=O)N2CCc1ccc(C(=O)NCCC(=O)O)cc1. The summed E-state index contributed by atoms with van der Waals surface area (Å²) >= 11 is 7.75. The van der Waals surface area contributed by atoms with Crippen molar-refractivity contribution in [1.82, 2.24) is 10.2 Å². The van der Waals surface area contributed by atoms with Crippen LogP contribution in [0.3, 0.4) is 0 Å². The van der Waals surface area contributed by atoms with Crippen LogP contribution in [0.15, 0.2) is 39.7 Å². The van der Waals surface area contributed by atoms with Crippen molar-refractivity contribution in [1.29, 1.82) is 0 Å². The van der Waals surface area contributed by atoms with Crippen molar-refractivity contribution in [3.63, 3.8) is 0 Å². The summed E-state index contributed by atoms with van der Waals surface area (Å²) < 4.78 is 0.733. The molecule has 1 aromatic carbocycles. The van der Waals surface area contributed by atoms with Crippen molar-refractivity contribution in [2.24, 2.45) is 16.3 Å². The first kappa shape index (κ1) is 27.7. The maximum atomic E-state index is 13.7. The van der Waals surface area contributed by atoms with Gasteiger partial charge in [-0.15, -0.1) is 11.8 Å². The number of hydrogen-bond acceptors (Lipinski definition) is 5. The minimum absolute atomic E-state index is 0.0128. The van der Waals surface area contributed by atoms with Gasteiger partial charge in [-0.25, -0.2) is 0 Å². The van der Waals surface area contributed by atoms with Crippen LogP contribution >= 0.6 is 23.4 Å². The van der Waals surface area contributed by atoms with E-state index in [0.29, 0.717) is 30.2 Å². The maximum absolute atomic E-state index is 13.7. The van der Waals surface area contributed by atoms with Gasteiger partial charge in [0.25, 0.3) is 11.8 Å². The molecule has 0 bridgehead atoms. The number of thioether (sulfide) groups is 1. The molecule has 1 aliphatic carbocycles. The Balaban J connectivity index is 1.44. The van der Waals surface area contributed by atoms with Gasteiger partial charge in [-0.1, -0.05) is 50.6 Å². The van der Waals surface area contributed by atoms with Crippen molar-refractivity contribution in [3.05, 3.63) is 45.8 Å². The van der Waals surface area contributed by atoms with E-state index in [2.05, 4.69) is 26.1 Å². The fourth-order valence-corrected chi connectivity index (χ4v) is 6.89. The molecular weight excluding hydrogens is 510 g/mol. The Bertz CT molecular complexity index is 1100. The van der Waals surface area contributed by atoms with Gasteiger partial charge >= 0.3 is 5.97 Å². The summed E-state index contributed by atoms with van der Waals surface area (Å²) in [6.45, 7) is 7.53. The van der Waals surface area contributed by atoms with Crippen LogP contribution in [0.25, 0.3) is 0 Å². The first-order valence-electron chi connectivity index (χ1n) is 13.0. The van der Waals surface area contributed by atoms with Crippen LogP contribution in [0.2, 0.25) is 0 Å². The lowest BCUT2D eigenvalue weighted by molar-refractivity contribution is -0.136. The lowest BCUT2D eigenvalue weighted by Crippen LogP contribution is -2.50. The van der Waals surface area contributed by atoms with E-state index in [1.807, 2.05) is 23.1 Å². The highest BCUT2D eigenvalue weighted by Gasteiger charge is 2.51. The molecule has 3 aliphatic rings. The van der Waals surface area contributed by atoms with Gasteiger partial charge in [-0.3, -0.25) is 19.4 Å². The van der Waals surface area contributed by atoms with Crippen LogP contribution in [0, 0.1) is 11.3 Å². The molecule has 4 rings (SSSR count). The fourth-order valence-electron chi connectivity index (χ4n) is 5.55. The molecule has 1 fully saturated rings. The standard InChI is InChI=1S/C28H36ClN3O4S/c1-27(2,3)20-10-14-28(15-11-20)31-24(21-8-9-22(29)37-21)26(36)32(28)17-13-18-4-6-19(7-5-18)25(35)30-16-12-23(33)34/h4-7,9,20-21H,8,10-17H2,1-3H3,(H,30,35)(H,33,34). The number of benzene rings is 1. The first-order chi connectivity index (χ1) is 17.5. The zero-order chi connectivity index (χ0) is 26.8. The summed E-state index contributed by atoms with van der Waals surface area (Å²) in [7, 11) is 0. The molecule has 9 heteroatoms. The van der Waals surface area contributed by atoms with E-state index in [1.54, 1.807) is 12.1 Å². The number of nitrogens with one attached hydrogen (secondary N) is 1. The molecule has 1 unspecified atom stereocenters. The number of rotatable bonds is 8. The largest absolute Gasteiger partial charge is 0.481 e. The van der Waals surface area contributed by atoms with Crippen LogP contribution in [-0.4, -0.2) is 57.5 Å². The lowest BCUT2D eigenvalue weighted by atomic mass is 9.69. The molecule has 2 amide bonds. The molecule has 200 valence electrons. The third kappa shape index (κ3) is 6.40. The Morgan fingerprint density at radius 1 is 1.22 bits per heavy atom. The molecule has 0 radical (unpaired) electrons. The lowest BCUT2D eigenvalue weighted by Gasteiger charge is -2.45. The van der Waals surface area contributed by atoms with E-state index < -0.39 is 11.6 Å². The van der Waals surface area contributed by atoms with Crippen molar-refractivity contribution < 1.29 is 19.5 Å². The average molecular weight is 546 g/mol. The number of carbonyl (C=O) groups is 3. The number of allylic oxidation sites excluding steroid dienone is 1. The number of halogens is 1. The summed E-state index contributed by atoms with van der Waals surface area (Å²) in [5.41, 5.74) is 1.92. The van der Waals surface area contributed by atoms with E-state index in [0.717, 1.165) is 42.0 Å². The molecular formula is C28H36ClN3O4S.